The number of hydrogen-bond donors (Lipinski definition) is 1. The topological polar surface area (TPSA) is 46.5 Å². The Hall–Kier alpha value is -1.51. The molecule has 1 aliphatic rings. The summed E-state index contributed by atoms with van der Waals surface area (Å²) in [6, 6.07) is 5.27. The van der Waals surface area contributed by atoms with Crippen LogP contribution in [0.15, 0.2) is 18.2 Å². The van der Waals surface area contributed by atoms with Gasteiger partial charge in [0.1, 0.15) is 5.75 Å². The van der Waals surface area contributed by atoms with E-state index < -0.39 is 0 Å². The maximum absolute atomic E-state index is 11.5. The number of fused-ring (bicyclic) bond motifs is 1. The van der Waals surface area contributed by atoms with Crippen molar-refractivity contribution < 1.29 is 14.6 Å². The Morgan fingerprint density at radius 2 is 2.20 bits per heavy atom. The van der Waals surface area contributed by atoms with Crippen molar-refractivity contribution in [3.8, 4) is 5.75 Å². The van der Waals surface area contributed by atoms with Gasteiger partial charge in [0.05, 0.1) is 12.5 Å². The highest BCUT2D eigenvalue weighted by atomic mass is 16.5. The number of carbonyl (C=O) groups is 1. The molecule has 2 rings (SSSR count). The largest absolute Gasteiger partial charge is 0.508 e. The molecule has 1 unspecified atom stereocenters. The van der Waals surface area contributed by atoms with Crippen LogP contribution >= 0.6 is 0 Å². The van der Waals surface area contributed by atoms with Crippen LogP contribution in [0.4, 0.5) is 0 Å². The summed E-state index contributed by atoms with van der Waals surface area (Å²) in [7, 11) is 0. The lowest BCUT2D eigenvalue weighted by molar-refractivity contribution is -0.147. The van der Waals surface area contributed by atoms with Crippen molar-refractivity contribution in [2.45, 2.75) is 19.8 Å². The monoisotopic (exact) mass is 206 g/mol. The van der Waals surface area contributed by atoms with Gasteiger partial charge in [-0.15, -0.1) is 0 Å². The second-order valence-corrected chi connectivity index (χ2v) is 3.81. The van der Waals surface area contributed by atoms with Crippen LogP contribution in [0.1, 0.15) is 18.1 Å². The van der Waals surface area contributed by atoms with Crippen LogP contribution in [0.2, 0.25) is 0 Å². The molecule has 1 aliphatic carbocycles. The third-order valence-electron chi connectivity index (χ3n) is 2.74. The number of carbonyl (C=O) groups excluding carboxylic acids is 1. The molecule has 0 aromatic heterocycles. The smallest absolute Gasteiger partial charge is 0.309 e. The third kappa shape index (κ3) is 1.96. The van der Waals surface area contributed by atoms with Gasteiger partial charge in [-0.25, -0.2) is 0 Å². The van der Waals surface area contributed by atoms with Crippen molar-refractivity contribution in [1.29, 1.82) is 0 Å². The molecule has 0 bridgehead atoms. The van der Waals surface area contributed by atoms with Crippen LogP contribution in [-0.2, 0) is 22.4 Å². The van der Waals surface area contributed by atoms with E-state index in [0.717, 1.165) is 17.5 Å². The first-order chi connectivity index (χ1) is 7.20. The zero-order chi connectivity index (χ0) is 10.8. The van der Waals surface area contributed by atoms with E-state index in [1.54, 1.807) is 12.1 Å². The highest BCUT2D eigenvalue weighted by Crippen LogP contribution is 2.30. The number of hydrogen-bond acceptors (Lipinski definition) is 3. The summed E-state index contributed by atoms with van der Waals surface area (Å²) in [4.78, 5) is 11.5. The third-order valence-corrected chi connectivity index (χ3v) is 2.74. The number of rotatable bonds is 2. The van der Waals surface area contributed by atoms with E-state index in [0.29, 0.717) is 13.0 Å². The average molecular weight is 206 g/mol. The van der Waals surface area contributed by atoms with Crippen molar-refractivity contribution in [2.75, 3.05) is 6.61 Å². The first-order valence-electron chi connectivity index (χ1n) is 5.18. The predicted molar refractivity (Wildman–Crippen MR) is 55.6 cm³/mol. The molecule has 1 aromatic rings. The highest BCUT2D eigenvalue weighted by molar-refractivity contribution is 5.74. The van der Waals surface area contributed by atoms with Gasteiger partial charge in [0.15, 0.2) is 0 Å². The van der Waals surface area contributed by atoms with Crippen LogP contribution in [0.25, 0.3) is 0 Å². The summed E-state index contributed by atoms with van der Waals surface area (Å²) in [5.41, 5.74) is 2.21. The summed E-state index contributed by atoms with van der Waals surface area (Å²) in [5.74, 6) is 0.0631. The van der Waals surface area contributed by atoms with Crippen LogP contribution in [0, 0.1) is 5.92 Å². The number of esters is 1. The Balaban J connectivity index is 2.12. The van der Waals surface area contributed by atoms with E-state index >= 15 is 0 Å². The molecule has 1 atom stereocenters. The second-order valence-electron chi connectivity index (χ2n) is 3.81. The standard InChI is InChI=1S/C12H14O3/c1-2-15-12(14)10-5-8-3-4-11(13)7-9(8)6-10/h3-4,7,10,13H,2,5-6H2,1H3. The number of phenols is 1. The molecule has 15 heavy (non-hydrogen) atoms. The number of aromatic hydroxyl groups is 1. The van der Waals surface area contributed by atoms with Gasteiger partial charge >= 0.3 is 5.97 Å². The zero-order valence-corrected chi connectivity index (χ0v) is 8.69. The van der Waals surface area contributed by atoms with Gasteiger partial charge in [0.25, 0.3) is 0 Å². The van der Waals surface area contributed by atoms with E-state index in [-0.39, 0.29) is 17.6 Å². The average Bonchev–Trinajstić information content (AvgIpc) is 2.60. The van der Waals surface area contributed by atoms with Gasteiger partial charge < -0.3 is 9.84 Å². The molecule has 0 heterocycles. The van der Waals surface area contributed by atoms with E-state index in [2.05, 4.69) is 0 Å². The molecule has 0 aliphatic heterocycles. The van der Waals surface area contributed by atoms with Gasteiger partial charge in [-0.3, -0.25) is 4.79 Å². The molecule has 0 fully saturated rings. The summed E-state index contributed by atoms with van der Waals surface area (Å²) in [6.45, 7) is 2.24. The Morgan fingerprint density at radius 1 is 1.47 bits per heavy atom. The fraction of sp³-hybridized carbons (Fsp3) is 0.417. The summed E-state index contributed by atoms with van der Waals surface area (Å²) in [5, 5.41) is 9.31. The van der Waals surface area contributed by atoms with E-state index in [1.165, 1.54) is 0 Å². The number of phenolic OH excluding ortho intramolecular Hbond substituents is 1. The molecular formula is C12H14O3. The second kappa shape index (κ2) is 3.93. The molecule has 1 aromatic carbocycles. The highest BCUT2D eigenvalue weighted by Gasteiger charge is 2.28. The zero-order valence-electron chi connectivity index (χ0n) is 8.69. The van der Waals surface area contributed by atoms with Crippen LogP contribution in [-0.4, -0.2) is 17.7 Å². The maximum atomic E-state index is 11.5. The minimum atomic E-state index is -0.131. The fourth-order valence-electron chi connectivity index (χ4n) is 2.03. The van der Waals surface area contributed by atoms with Gasteiger partial charge in [-0.2, -0.15) is 0 Å². The molecule has 0 saturated heterocycles. The minimum absolute atomic E-state index is 0.0678. The minimum Gasteiger partial charge on any atom is -0.508 e. The Kier molecular flexibility index (Phi) is 2.62. The molecule has 1 N–H and O–H groups in total. The normalized spacial score (nSPS) is 18.6. The molecule has 0 spiro atoms. The summed E-state index contributed by atoms with van der Waals surface area (Å²) in [6.07, 6.45) is 1.41. The van der Waals surface area contributed by atoms with Crippen LogP contribution in [0.5, 0.6) is 5.75 Å². The number of benzene rings is 1. The molecule has 80 valence electrons. The molecule has 0 radical (unpaired) electrons. The van der Waals surface area contributed by atoms with Crippen molar-refractivity contribution >= 4 is 5.97 Å². The van der Waals surface area contributed by atoms with E-state index in [4.69, 9.17) is 4.74 Å². The van der Waals surface area contributed by atoms with Crippen molar-refractivity contribution in [3.05, 3.63) is 29.3 Å². The Morgan fingerprint density at radius 3 is 2.93 bits per heavy atom. The van der Waals surface area contributed by atoms with Gasteiger partial charge in [0.2, 0.25) is 0 Å². The first-order valence-corrected chi connectivity index (χ1v) is 5.18. The predicted octanol–water partition coefficient (Wildman–Crippen LogP) is 1.67. The molecular weight excluding hydrogens is 192 g/mol. The SMILES string of the molecule is CCOC(=O)C1Cc2ccc(O)cc2C1. The van der Waals surface area contributed by atoms with Crippen LogP contribution in [0.3, 0.4) is 0 Å². The van der Waals surface area contributed by atoms with Gasteiger partial charge in [-0.1, -0.05) is 6.07 Å². The summed E-state index contributed by atoms with van der Waals surface area (Å²) < 4.78 is 4.99. The van der Waals surface area contributed by atoms with Crippen LogP contribution < -0.4 is 0 Å². The number of ether oxygens (including phenoxy) is 1. The van der Waals surface area contributed by atoms with E-state index in [9.17, 15) is 9.90 Å². The van der Waals surface area contributed by atoms with Gasteiger partial charge in [0, 0.05) is 0 Å². The molecule has 0 amide bonds. The summed E-state index contributed by atoms with van der Waals surface area (Å²) >= 11 is 0. The first kappa shape index (κ1) is 10.0. The lowest BCUT2D eigenvalue weighted by Gasteiger charge is -2.06. The lowest BCUT2D eigenvalue weighted by atomic mass is 10.1. The maximum Gasteiger partial charge on any atom is 0.309 e. The molecule has 0 saturated carbocycles. The molecule has 3 heteroatoms. The lowest BCUT2D eigenvalue weighted by Crippen LogP contribution is -2.17. The Bertz CT molecular complexity index is 384. The van der Waals surface area contributed by atoms with E-state index in [1.807, 2.05) is 13.0 Å². The van der Waals surface area contributed by atoms with Crippen molar-refractivity contribution in [3.63, 3.8) is 0 Å². The van der Waals surface area contributed by atoms with Gasteiger partial charge in [-0.05, 0) is 43.0 Å². The quantitative estimate of drug-likeness (QED) is 0.749. The van der Waals surface area contributed by atoms with Crippen molar-refractivity contribution in [2.24, 2.45) is 5.92 Å². The fourth-order valence-corrected chi connectivity index (χ4v) is 2.03. The van der Waals surface area contributed by atoms with Crippen molar-refractivity contribution in [1.82, 2.24) is 0 Å². The Labute approximate surface area is 88.7 Å². The molecule has 3 nitrogen and oxygen atoms in total.